The van der Waals surface area contributed by atoms with Gasteiger partial charge in [0.15, 0.2) is 5.49 Å². The topological polar surface area (TPSA) is 102 Å². The second kappa shape index (κ2) is 8.53. The van der Waals surface area contributed by atoms with Crippen molar-refractivity contribution in [1.29, 1.82) is 5.26 Å². The maximum Gasteiger partial charge on any atom is 0.278 e. The van der Waals surface area contributed by atoms with E-state index in [4.69, 9.17) is 4.74 Å². The van der Waals surface area contributed by atoms with Gasteiger partial charge in [-0.1, -0.05) is 6.07 Å². The molecule has 9 heteroatoms. The number of nitriles is 1. The van der Waals surface area contributed by atoms with Gasteiger partial charge in [-0.25, -0.2) is 9.37 Å². The number of ether oxygens (including phenoxy) is 1. The minimum atomic E-state index is -0.652. The number of carbonyl (C=O) groups excluding carboxylic acids is 1. The summed E-state index contributed by atoms with van der Waals surface area (Å²) in [5, 5.41) is 9.97. The summed E-state index contributed by atoms with van der Waals surface area (Å²) in [6.07, 6.45) is 1.61. The van der Waals surface area contributed by atoms with Crippen molar-refractivity contribution in [3.63, 3.8) is 0 Å². The van der Waals surface area contributed by atoms with Gasteiger partial charge in [-0.2, -0.15) is 10.3 Å². The fourth-order valence-electron chi connectivity index (χ4n) is 3.44. The van der Waals surface area contributed by atoms with Crippen LogP contribution in [0.2, 0.25) is 0 Å². The molecule has 160 valence electrons. The van der Waals surface area contributed by atoms with Crippen molar-refractivity contribution in [3.05, 3.63) is 87.0 Å². The van der Waals surface area contributed by atoms with E-state index < -0.39 is 11.7 Å². The number of pyridine rings is 2. The van der Waals surface area contributed by atoms with Crippen LogP contribution in [-0.4, -0.2) is 33.6 Å². The molecule has 0 saturated carbocycles. The molecule has 0 aliphatic heterocycles. The summed E-state index contributed by atoms with van der Waals surface area (Å²) >= 11 is 0. The van der Waals surface area contributed by atoms with Crippen LogP contribution in [0, 0.1) is 24.1 Å². The first-order valence-corrected chi connectivity index (χ1v) is 9.74. The summed E-state index contributed by atoms with van der Waals surface area (Å²) in [5.74, 6) is -1.13. The molecule has 0 fully saturated rings. The monoisotopic (exact) mass is 431 g/mol. The normalized spacial score (nSPS) is 11.8. The zero-order valence-corrected chi connectivity index (χ0v) is 17.4. The molecule has 0 aliphatic rings. The number of fused-ring (bicyclic) bond motifs is 2. The molecule has 0 spiro atoms. The van der Waals surface area contributed by atoms with Crippen molar-refractivity contribution < 1.29 is 13.9 Å². The van der Waals surface area contributed by atoms with E-state index in [-0.39, 0.29) is 46.4 Å². The summed E-state index contributed by atoms with van der Waals surface area (Å²) < 4.78 is 21.4. The molecule has 4 rings (SSSR count). The number of halogens is 1. The third kappa shape index (κ3) is 3.68. The van der Waals surface area contributed by atoms with Crippen molar-refractivity contribution in [2.24, 2.45) is 4.99 Å². The van der Waals surface area contributed by atoms with E-state index in [0.717, 1.165) is 17.7 Å². The Balaban J connectivity index is 2.09. The first-order valence-electron chi connectivity index (χ1n) is 9.74. The average Bonchev–Trinajstić information content (AvgIpc) is 2.79. The number of rotatable bonds is 4. The molecule has 32 heavy (non-hydrogen) atoms. The molecule has 8 nitrogen and oxygen atoms in total. The molecule has 4 aromatic rings. The van der Waals surface area contributed by atoms with Gasteiger partial charge in [0.2, 0.25) is 0 Å². The van der Waals surface area contributed by atoms with Gasteiger partial charge < -0.3 is 9.30 Å². The van der Waals surface area contributed by atoms with Crippen molar-refractivity contribution in [3.8, 4) is 6.07 Å². The standard InChI is InChI=1S/C23H18FN5O3/c1-14-4-3-9-29-19(14)26-21-18(23(29)31)12-16(13-25)20(28(21)10-11-32-2)27-22(30)15-5-7-17(24)8-6-15/h3-9,12H,10-11H2,1-2H3. The van der Waals surface area contributed by atoms with Crippen molar-refractivity contribution in [2.45, 2.75) is 13.5 Å². The van der Waals surface area contributed by atoms with Gasteiger partial charge in [-0.05, 0) is 48.9 Å². The van der Waals surface area contributed by atoms with E-state index in [1.807, 2.05) is 19.1 Å². The number of hydrogen-bond acceptors (Lipinski definition) is 5. The number of benzene rings is 1. The van der Waals surface area contributed by atoms with Crippen molar-refractivity contribution in [1.82, 2.24) is 14.0 Å². The molecule has 1 aromatic carbocycles. The number of aromatic nitrogens is 3. The Labute approximate surface area is 181 Å². The molecule has 0 unspecified atom stereocenters. The smallest absolute Gasteiger partial charge is 0.278 e. The van der Waals surface area contributed by atoms with E-state index in [1.165, 1.54) is 34.3 Å². The van der Waals surface area contributed by atoms with Gasteiger partial charge in [-0.15, -0.1) is 0 Å². The molecule has 3 heterocycles. The third-order valence-corrected chi connectivity index (χ3v) is 5.04. The summed E-state index contributed by atoms with van der Waals surface area (Å²) in [4.78, 5) is 34.7. The maximum atomic E-state index is 13.2. The highest BCUT2D eigenvalue weighted by Crippen LogP contribution is 2.13. The number of amides is 1. The van der Waals surface area contributed by atoms with E-state index in [9.17, 15) is 19.2 Å². The van der Waals surface area contributed by atoms with E-state index in [1.54, 1.807) is 12.3 Å². The molecule has 1 amide bonds. The zero-order valence-electron chi connectivity index (χ0n) is 17.4. The Morgan fingerprint density at radius 2 is 2.00 bits per heavy atom. The quantitative estimate of drug-likeness (QED) is 0.462. The maximum absolute atomic E-state index is 13.2. The van der Waals surface area contributed by atoms with Crippen LogP contribution in [0.4, 0.5) is 4.39 Å². The lowest BCUT2D eigenvalue weighted by atomic mass is 10.2. The zero-order chi connectivity index (χ0) is 22.8. The van der Waals surface area contributed by atoms with Crippen LogP contribution in [-0.2, 0) is 11.3 Å². The van der Waals surface area contributed by atoms with Gasteiger partial charge in [0.05, 0.1) is 17.6 Å². The Hall–Kier alpha value is -4.16. The lowest BCUT2D eigenvalue weighted by molar-refractivity contribution is 0.0996. The Morgan fingerprint density at radius 1 is 1.25 bits per heavy atom. The minimum absolute atomic E-state index is 0.0376. The lowest BCUT2D eigenvalue weighted by Gasteiger charge is -2.13. The predicted molar refractivity (Wildman–Crippen MR) is 115 cm³/mol. The predicted octanol–water partition coefficient (Wildman–Crippen LogP) is 2.36. The molecular weight excluding hydrogens is 413 g/mol. The van der Waals surface area contributed by atoms with E-state index >= 15 is 0 Å². The number of carbonyl (C=O) groups is 1. The van der Waals surface area contributed by atoms with Crippen LogP contribution in [0.5, 0.6) is 0 Å². The van der Waals surface area contributed by atoms with Crippen molar-refractivity contribution >= 4 is 22.6 Å². The summed E-state index contributed by atoms with van der Waals surface area (Å²) in [6, 6.07) is 11.9. The molecule has 0 saturated heterocycles. The Bertz CT molecular complexity index is 1530. The van der Waals surface area contributed by atoms with Gasteiger partial charge in [0, 0.05) is 25.4 Å². The summed E-state index contributed by atoms with van der Waals surface area (Å²) in [5.41, 5.74) is 1.44. The van der Waals surface area contributed by atoms with Crippen LogP contribution in [0.25, 0.3) is 16.7 Å². The molecule has 0 aliphatic carbocycles. The van der Waals surface area contributed by atoms with Crippen LogP contribution in [0.1, 0.15) is 21.5 Å². The second-order valence-electron chi connectivity index (χ2n) is 7.10. The van der Waals surface area contributed by atoms with Gasteiger partial charge in [0.25, 0.3) is 11.5 Å². The largest absolute Gasteiger partial charge is 0.383 e. The number of aryl methyl sites for hydroxylation is 1. The molecular formula is C23H18FN5O3. The molecule has 3 aromatic heterocycles. The minimum Gasteiger partial charge on any atom is -0.383 e. The molecule has 0 radical (unpaired) electrons. The van der Waals surface area contributed by atoms with Gasteiger partial charge in [0.1, 0.15) is 23.2 Å². The fourth-order valence-corrected chi connectivity index (χ4v) is 3.44. The molecule has 0 N–H and O–H groups in total. The van der Waals surface area contributed by atoms with Crippen LogP contribution >= 0.6 is 0 Å². The Morgan fingerprint density at radius 3 is 2.69 bits per heavy atom. The van der Waals surface area contributed by atoms with Gasteiger partial charge >= 0.3 is 0 Å². The molecule has 0 atom stereocenters. The lowest BCUT2D eigenvalue weighted by Crippen LogP contribution is -2.30. The summed E-state index contributed by atoms with van der Waals surface area (Å²) in [6.45, 7) is 2.27. The Kier molecular flexibility index (Phi) is 5.62. The highest BCUT2D eigenvalue weighted by molar-refractivity contribution is 5.95. The number of methoxy groups -OCH3 is 1. The first kappa shape index (κ1) is 21.1. The van der Waals surface area contributed by atoms with E-state index in [2.05, 4.69) is 9.98 Å². The van der Waals surface area contributed by atoms with Crippen LogP contribution in [0.15, 0.2) is 58.4 Å². The highest BCUT2D eigenvalue weighted by atomic mass is 19.1. The van der Waals surface area contributed by atoms with Gasteiger partial charge in [-0.3, -0.25) is 14.0 Å². The van der Waals surface area contributed by atoms with E-state index in [0.29, 0.717) is 5.65 Å². The fraction of sp³-hybridized carbons (Fsp3) is 0.174. The highest BCUT2D eigenvalue weighted by Gasteiger charge is 2.16. The number of hydrogen-bond donors (Lipinski definition) is 0. The van der Waals surface area contributed by atoms with Crippen LogP contribution in [0.3, 0.4) is 0 Å². The summed E-state index contributed by atoms with van der Waals surface area (Å²) in [7, 11) is 1.51. The SMILES string of the molecule is COCCn1c(=NC(=O)c2ccc(F)cc2)c(C#N)cc2c(=O)n3cccc(C)c3nc21. The first-order chi connectivity index (χ1) is 15.4. The average molecular weight is 431 g/mol. The molecule has 0 bridgehead atoms. The third-order valence-electron chi connectivity index (χ3n) is 5.04. The van der Waals surface area contributed by atoms with Crippen LogP contribution < -0.4 is 11.0 Å². The number of nitrogens with zero attached hydrogens (tertiary/aromatic N) is 5. The van der Waals surface area contributed by atoms with Crippen molar-refractivity contribution in [2.75, 3.05) is 13.7 Å². The second-order valence-corrected chi connectivity index (χ2v) is 7.10.